The quantitative estimate of drug-likeness (QED) is 0.673. The molecule has 1 aromatic heterocycles. The van der Waals surface area contributed by atoms with Gasteiger partial charge in [-0.1, -0.05) is 0 Å². The number of nitrogens with one attached hydrogen (secondary N) is 2. The zero-order valence-electron chi connectivity index (χ0n) is 9.74. The highest BCUT2D eigenvalue weighted by Crippen LogP contribution is 2.15. The lowest BCUT2D eigenvalue weighted by molar-refractivity contribution is -0.125. The molecule has 0 fully saturated rings. The monoisotopic (exact) mass is 223 g/mol. The standard InChI is InChI=1S/C10H17N5O/c1-10(2,8(11)16)6-14-7-4-5-13-9(12-3)15-7/h4-5H,6H2,1-3H3,(H2,11,16)(H2,12,13,14,15). The number of primary amides is 1. The lowest BCUT2D eigenvalue weighted by Crippen LogP contribution is -2.37. The smallest absolute Gasteiger partial charge is 0.224 e. The Morgan fingerprint density at radius 2 is 2.25 bits per heavy atom. The van der Waals surface area contributed by atoms with Gasteiger partial charge < -0.3 is 16.4 Å². The molecule has 0 aliphatic carbocycles. The van der Waals surface area contributed by atoms with Crippen molar-refractivity contribution in [3.8, 4) is 0 Å². The first-order valence-corrected chi connectivity index (χ1v) is 5.00. The van der Waals surface area contributed by atoms with E-state index < -0.39 is 5.41 Å². The molecule has 1 aromatic rings. The molecule has 0 aliphatic heterocycles. The molecule has 0 bridgehead atoms. The van der Waals surface area contributed by atoms with Gasteiger partial charge in [0.25, 0.3) is 0 Å². The fraction of sp³-hybridized carbons (Fsp3) is 0.500. The molecule has 88 valence electrons. The van der Waals surface area contributed by atoms with Gasteiger partial charge in [-0.25, -0.2) is 4.98 Å². The van der Waals surface area contributed by atoms with E-state index >= 15 is 0 Å². The third kappa shape index (κ3) is 3.08. The minimum absolute atomic E-state index is 0.345. The molecule has 0 saturated carbocycles. The summed E-state index contributed by atoms with van der Waals surface area (Å²) in [6, 6.07) is 1.73. The van der Waals surface area contributed by atoms with Crippen LogP contribution in [0.5, 0.6) is 0 Å². The average Bonchev–Trinajstić information content (AvgIpc) is 2.26. The molecule has 0 radical (unpaired) electrons. The van der Waals surface area contributed by atoms with Gasteiger partial charge in [0.15, 0.2) is 0 Å². The second-order valence-corrected chi connectivity index (χ2v) is 4.12. The first-order chi connectivity index (χ1) is 7.45. The van der Waals surface area contributed by atoms with Gasteiger partial charge >= 0.3 is 0 Å². The van der Waals surface area contributed by atoms with E-state index in [9.17, 15) is 4.79 Å². The van der Waals surface area contributed by atoms with Gasteiger partial charge in [-0.3, -0.25) is 4.79 Å². The zero-order chi connectivity index (χ0) is 12.2. The van der Waals surface area contributed by atoms with Crippen molar-refractivity contribution in [1.82, 2.24) is 9.97 Å². The molecular formula is C10H17N5O. The number of hydrogen-bond acceptors (Lipinski definition) is 5. The van der Waals surface area contributed by atoms with Crippen LogP contribution in [-0.4, -0.2) is 29.5 Å². The van der Waals surface area contributed by atoms with Gasteiger partial charge in [-0.05, 0) is 19.9 Å². The molecule has 0 aromatic carbocycles. The summed E-state index contributed by atoms with van der Waals surface area (Å²) >= 11 is 0. The van der Waals surface area contributed by atoms with Crippen LogP contribution in [0.15, 0.2) is 12.3 Å². The van der Waals surface area contributed by atoms with Crippen LogP contribution in [0, 0.1) is 5.41 Å². The highest BCUT2D eigenvalue weighted by Gasteiger charge is 2.24. The van der Waals surface area contributed by atoms with E-state index in [0.717, 1.165) is 0 Å². The highest BCUT2D eigenvalue weighted by atomic mass is 16.1. The lowest BCUT2D eigenvalue weighted by Gasteiger charge is -2.21. The second kappa shape index (κ2) is 4.78. The molecule has 6 heteroatoms. The number of carbonyl (C=O) groups excluding carboxylic acids is 1. The Morgan fingerprint density at radius 3 is 2.81 bits per heavy atom. The summed E-state index contributed by atoms with van der Waals surface area (Å²) in [7, 11) is 1.74. The van der Waals surface area contributed by atoms with Gasteiger partial charge in [-0.15, -0.1) is 0 Å². The summed E-state index contributed by atoms with van der Waals surface area (Å²) in [4.78, 5) is 19.3. The number of nitrogens with two attached hydrogens (primary N) is 1. The average molecular weight is 223 g/mol. The molecule has 0 atom stereocenters. The summed E-state index contributed by atoms with van der Waals surface area (Å²) < 4.78 is 0. The van der Waals surface area contributed by atoms with Crippen molar-refractivity contribution in [2.75, 3.05) is 24.2 Å². The third-order valence-corrected chi connectivity index (χ3v) is 2.26. The SMILES string of the molecule is CNc1nccc(NCC(C)(C)C(N)=O)n1. The number of rotatable bonds is 5. The Hall–Kier alpha value is -1.85. The van der Waals surface area contributed by atoms with Crippen LogP contribution in [0.3, 0.4) is 0 Å². The van der Waals surface area contributed by atoms with Crippen LogP contribution in [0.1, 0.15) is 13.8 Å². The van der Waals surface area contributed by atoms with Gasteiger partial charge in [0.05, 0.1) is 5.41 Å². The zero-order valence-corrected chi connectivity index (χ0v) is 9.74. The lowest BCUT2D eigenvalue weighted by atomic mass is 9.93. The van der Waals surface area contributed by atoms with Crippen molar-refractivity contribution < 1.29 is 4.79 Å². The minimum atomic E-state index is -0.606. The van der Waals surface area contributed by atoms with E-state index in [2.05, 4.69) is 20.6 Å². The van der Waals surface area contributed by atoms with E-state index in [1.54, 1.807) is 33.2 Å². The number of amides is 1. The predicted octanol–water partition coefficient (Wildman–Crippen LogP) is 0.442. The van der Waals surface area contributed by atoms with Crippen LogP contribution in [-0.2, 0) is 4.79 Å². The maximum Gasteiger partial charge on any atom is 0.224 e. The van der Waals surface area contributed by atoms with Crippen molar-refractivity contribution >= 4 is 17.7 Å². The maximum atomic E-state index is 11.1. The summed E-state index contributed by atoms with van der Waals surface area (Å²) in [6.45, 7) is 3.99. The van der Waals surface area contributed by atoms with Gasteiger partial charge in [-0.2, -0.15) is 4.98 Å². The molecule has 1 heterocycles. The van der Waals surface area contributed by atoms with Crippen LogP contribution in [0.25, 0.3) is 0 Å². The van der Waals surface area contributed by atoms with Crippen molar-refractivity contribution in [3.05, 3.63) is 12.3 Å². The summed E-state index contributed by atoms with van der Waals surface area (Å²) in [5.41, 5.74) is 4.66. The minimum Gasteiger partial charge on any atom is -0.369 e. The van der Waals surface area contributed by atoms with E-state index in [0.29, 0.717) is 18.3 Å². The molecule has 0 aliphatic rings. The third-order valence-electron chi connectivity index (χ3n) is 2.26. The molecule has 0 unspecified atom stereocenters. The van der Waals surface area contributed by atoms with Crippen LogP contribution >= 0.6 is 0 Å². The van der Waals surface area contributed by atoms with E-state index in [-0.39, 0.29) is 5.91 Å². The fourth-order valence-electron chi connectivity index (χ4n) is 0.976. The van der Waals surface area contributed by atoms with Crippen molar-refractivity contribution in [2.45, 2.75) is 13.8 Å². The Morgan fingerprint density at radius 1 is 1.56 bits per heavy atom. The number of anilines is 2. The van der Waals surface area contributed by atoms with Gasteiger partial charge in [0.2, 0.25) is 11.9 Å². The number of nitrogens with zero attached hydrogens (tertiary/aromatic N) is 2. The van der Waals surface area contributed by atoms with Crippen molar-refractivity contribution in [3.63, 3.8) is 0 Å². The summed E-state index contributed by atoms with van der Waals surface area (Å²) in [5.74, 6) is 0.846. The second-order valence-electron chi connectivity index (χ2n) is 4.12. The van der Waals surface area contributed by atoms with Gasteiger partial charge in [0.1, 0.15) is 5.82 Å². The molecule has 1 rings (SSSR count). The van der Waals surface area contributed by atoms with Crippen LogP contribution in [0.2, 0.25) is 0 Å². The molecule has 0 saturated heterocycles. The Labute approximate surface area is 94.7 Å². The molecule has 4 N–H and O–H groups in total. The van der Waals surface area contributed by atoms with E-state index in [1.807, 2.05) is 0 Å². The first kappa shape index (κ1) is 12.2. The number of hydrogen-bond donors (Lipinski definition) is 3. The predicted molar refractivity (Wildman–Crippen MR) is 63.0 cm³/mol. The maximum absolute atomic E-state index is 11.1. The largest absolute Gasteiger partial charge is 0.369 e. The van der Waals surface area contributed by atoms with Gasteiger partial charge in [0, 0.05) is 19.8 Å². The highest BCUT2D eigenvalue weighted by molar-refractivity contribution is 5.80. The van der Waals surface area contributed by atoms with Crippen molar-refractivity contribution in [2.24, 2.45) is 11.1 Å². The number of carbonyl (C=O) groups is 1. The summed E-state index contributed by atoms with van der Waals surface area (Å²) in [6.07, 6.45) is 1.64. The fourth-order valence-corrected chi connectivity index (χ4v) is 0.976. The molecular weight excluding hydrogens is 206 g/mol. The van der Waals surface area contributed by atoms with Crippen LogP contribution < -0.4 is 16.4 Å². The molecule has 6 nitrogen and oxygen atoms in total. The Bertz CT molecular complexity index is 377. The Kier molecular flexibility index (Phi) is 3.65. The first-order valence-electron chi connectivity index (χ1n) is 5.00. The number of aromatic nitrogens is 2. The van der Waals surface area contributed by atoms with Crippen LogP contribution in [0.4, 0.5) is 11.8 Å². The normalized spacial score (nSPS) is 10.9. The van der Waals surface area contributed by atoms with E-state index in [1.165, 1.54) is 0 Å². The Balaban J connectivity index is 2.64. The topological polar surface area (TPSA) is 92.9 Å². The summed E-state index contributed by atoms with van der Waals surface area (Å²) in [5, 5.41) is 5.88. The van der Waals surface area contributed by atoms with Crippen molar-refractivity contribution in [1.29, 1.82) is 0 Å². The van der Waals surface area contributed by atoms with E-state index in [4.69, 9.17) is 5.73 Å². The molecule has 1 amide bonds. The molecule has 16 heavy (non-hydrogen) atoms. The molecule has 0 spiro atoms.